The minimum absolute atomic E-state index is 0.00746. The summed E-state index contributed by atoms with van der Waals surface area (Å²) in [6.07, 6.45) is 12.7. The van der Waals surface area contributed by atoms with E-state index < -0.39 is 23.7 Å². The Balaban J connectivity index is 0.000000138. The summed E-state index contributed by atoms with van der Waals surface area (Å²) in [5.41, 5.74) is 7.13. The number of ether oxygens (including phenoxy) is 8. The number of alkyl halides is 8. The quantitative estimate of drug-likeness (QED) is 0.0428. The van der Waals surface area contributed by atoms with Crippen molar-refractivity contribution in [2.45, 2.75) is 113 Å². The van der Waals surface area contributed by atoms with Crippen molar-refractivity contribution in [2.75, 3.05) is 0 Å². The van der Waals surface area contributed by atoms with Gasteiger partial charge in [-0.25, -0.2) is 24.2 Å². The van der Waals surface area contributed by atoms with Gasteiger partial charge < -0.3 is 43.0 Å². The molecule has 111 heavy (non-hydrogen) atoms. The van der Waals surface area contributed by atoms with Crippen LogP contribution in [0, 0.1) is 32.9 Å². The van der Waals surface area contributed by atoms with E-state index in [1.54, 1.807) is 89.9 Å². The number of nitrogens with zero attached hydrogens (tertiary/aromatic N) is 15. The number of benzene rings is 5. The van der Waals surface area contributed by atoms with Crippen molar-refractivity contribution in [1.82, 2.24) is 48.9 Å². The van der Waals surface area contributed by atoms with Crippen LogP contribution in [0.5, 0.6) is 51.7 Å². The van der Waals surface area contributed by atoms with E-state index in [1.165, 1.54) is 47.3 Å². The molecule has 0 radical (unpaired) electrons. The minimum atomic E-state index is -4.84. The van der Waals surface area contributed by atoms with Gasteiger partial charge in [0.1, 0.15) is 51.7 Å². The predicted octanol–water partition coefficient (Wildman–Crippen LogP) is 22.9. The lowest BCUT2D eigenvalue weighted by Gasteiger charge is -2.17. The van der Waals surface area contributed by atoms with Gasteiger partial charge in [0, 0.05) is 108 Å². The van der Waals surface area contributed by atoms with E-state index in [0.717, 1.165) is 96.2 Å². The van der Waals surface area contributed by atoms with Gasteiger partial charge >= 0.3 is 18.0 Å². The second-order valence-electron chi connectivity index (χ2n) is 25.0. The summed E-state index contributed by atoms with van der Waals surface area (Å²) < 4.78 is 143. The van der Waals surface area contributed by atoms with Gasteiger partial charge in [-0.3, -0.25) is 23.4 Å². The summed E-state index contributed by atoms with van der Waals surface area (Å²) in [4.78, 5) is 17.7. The smallest absolute Gasteiger partial charge is 0.508 e. The topological polar surface area (TPSA) is 205 Å². The van der Waals surface area contributed by atoms with Crippen molar-refractivity contribution in [3.05, 3.63) is 176 Å². The summed E-state index contributed by atoms with van der Waals surface area (Å²) in [5, 5.41) is 27.5. The Bertz CT molecular complexity index is 5030. The van der Waals surface area contributed by atoms with Gasteiger partial charge in [-0.05, 0) is 180 Å². The molecule has 0 amide bonds. The fraction of sp³-hybridized carbons (Fsp3) is 0.315. The van der Waals surface area contributed by atoms with Gasteiger partial charge in [0.15, 0.2) is 0 Å². The normalized spacial score (nSPS) is 14.2. The molecule has 5 aliphatic carbocycles. The first-order valence-electron chi connectivity index (χ1n) is 33.1. The Hall–Kier alpha value is -9.52. The number of phenolic OH excluding ortho intramolecular Hbond substituents is 1. The molecule has 0 spiro atoms. The first kappa shape index (κ1) is 82.4. The number of halogens is 14. The third-order valence-corrected chi connectivity index (χ3v) is 19.6. The standard InChI is InChI=1S/C15H11Br2F2N3O2.C15H11BrF3N3O2.C15H12BrF2N3O2.C14H11BrClN3O.C14H12BrN3O2/c2*1-20-13-10(14-11(16)7-21-22(14)2)5-9(24-15(17,18)19)6-12(13)23-8-3-4-8;1-19-13-10(14-11(16)7-20-21(14)2)5-9(23-15(17)18)6-12(13)22-8-3-4-8;1-17-13-10(14-11(15)7-18-19(14)2)5-8(16)6-12(13)20-9-3-4-9;1-16-13-10(14-11(15)7-17-18(14)2)5-8(19)6-12(13)20-9-3-4-9/h2*5-8H,3-4H2,2H3;5-8,15H,3-4H2,2H3;5-7,9H,3-4H2,2H3;5-7,9,19H,3-4H2,2H3. The maximum absolute atomic E-state index is 13.2. The monoisotopic (exact) mass is 1930 g/mol. The fourth-order valence-corrected chi connectivity index (χ4v) is 14.0. The molecule has 5 fully saturated rings. The number of hydrogen-bond donors (Lipinski definition) is 1. The molecule has 24 nitrogen and oxygen atoms in total. The van der Waals surface area contributed by atoms with Gasteiger partial charge in [-0.15, -0.1) is 13.2 Å². The van der Waals surface area contributed by atoms with Crippen LogP contribution in [0.2, 0.25) is 5.02 Å². The van der Waals surface area contributed by atoms with Gasteiger partial charge in [0.2, 0.25) is 28.4 Å². The zero-order valence-electron chi connectivity index (χ0n) is 58.4. The Morgan fingerprint density at radius 2 is 0.658 bits per heavy atom. The van der Waals surface area contributed by atoms with Crippen LogP contribution in [0.15, 0.2) is 114 Å². The van der Waals surface area contributed by atoms with Gasteiger partial charge in [-0.2, -0.15) is 43.1 Å². The van der Waals surface area contributed by atoms with E-state index in [4.69, 9.17) is 68.1 Å². The molecular weight excluding hydrogens is 1880 g/mol. The van der Waals surface area contributed by atoms with Gasteiger partial charge in [0.05, 0.1) is 145 Å². The fourth-order valence-electron chi connectivity index (χ4n) is 10.8. The first-order chi connectivity index (χ1) is 52.7. The molecule has 5 saturated carbocycles. The van der Waals surface area contributed by atoms with Crippen LogP contribution < -0.4 is 37.9 Å². The summed E-state index contributed by atoms with van der Waals surface area (Å²) in [6, 6.07) is 14.3. The Kier molecular flexibility index (Phi) is 26.0. The zero-order chi connectivity index (χ0) is 80.1. The average molecular weight is 1940 g/mol. The second kappa shape index (κ2) is 35.0. The lowest BCUT2D eigenvalue weighted by molar-refractivity contribution is -0.274. The number of aromatic hydroxyl groups is 1. The molecule has 5 aromatic carbocycles. The highest BCUT2D eigenvalue weighted by molar-refractivity contribution is 9.11. The molecule has 10 aromatic rings. The van der Waals surface area contributed by atoms with Crippen LogP contribution in [0.1, 0.15) is 64.2 Å². The number of aromatic nitrogens is 10. The highest BCUT2D eigenvalue weighted by Gasteiger charge is 2.36. The van der Waals surface area contributed by atoms with Crippen LogP contribution >= 0.6 is 107 Å². The van der Waals surface area contributed by atoms with Crippen molar-refractivity contribution in [3.63, 3.8) is 0 Å². The van der Waals surface area contributed by atoms with E-state index >= 15 is 0 Å². The molecule has 1 N–H and O–H groups in total. The van der Waals surface area contributed by atoms with Crippen molar-refractivity contribution < 1.29 is 73.7 Å². The molecule has 5 aromatic heterocycles. The SMILES string of the molecule is [C-]#[N+]c1c(OC2CC2)cc(Cl)cc1-c1c(Br)cnn1C.[C-]#[N+]c1c(OC2CC2)cc(O)cc1-c1c(Br)cnn1C.[C-]#[N+]c1c(OC2CC2)cc(OC(F)(F)Br)cc1-c1c(Br)cnn1C.[C-]#[N+]c1c(OC2CC2)cc(OC(F)(F)F)cc1-c1c(Br)cnn1C.[C-]#[N+]c1c(OC2CC2)cc(OC(F)F)cc1-c1c(Br)cnn1C. The Morgan fingerprint density at radius 1 is 0.405 bits per heavy atom. The van der Waals surface area contributed by atoms with Crippen molar-refractivity contribution >= 4 is 136 Å². The molecule has 15 rings (SSSR count). The van der Waals surface area contributed by atoms with Crippen LogP contribution in [-0.4, -0.2) is 103 Å². The highest BCUT2D eigenvalue weighted by atomic mass is 79.9. The maximum atomic E-state index is 13.2. The maximum Gasteiger partial charge on any atom is 0.573 e. The summed E-state index contributed by atoms with van der Waals surface area (Å²) >= 11 is 25.2. The second-order valence-corrected chi connectivity index (χ2v) is 30.7. The van der Waals surface area contributed by atoms with Crippen LogP contribution in [0.4, 0.5) is 59.2 Å². The molecule has 5 aliphatic rings. The molecule has 0 saturated heterocycles. The zero-order valence-corrected chi connectivity index (χ0v) is 68.7. The molecule has 38 heteroatoms. The number of aryl methyl sites for hydroxylation is 5. The summed E-state index contributed by atoms with van der Waals surface area (Å²) in [5.74, 6) is 1.04. The molecule has 0 atom stereocenters. The molecule has 0 unspecified atom stereocenters. The largest absolute Gasteiger partial charge is 0.573 e. The third kappa shape index (κ3) is 21.2. The number of phenols is 1. The predicted molar refractivity (Wildman–Crippen MR) is 416 cm³/mol. The number of rotatable bonds is 20. The van der Waals surface area contributed by atoms with Crippen LogP contribution in [0.25, 0.3) is 80.5 Å². The molecule has 0 aliphatic heterocycles. The van der Waals surface area contributed by atoms with Gasteiger partial charge in [0.25, 0.3) is 0 Å². The van der Waals surface area contributed by atoms with E-state index in [0.29, 0.717) is 75.1 Å². The van der Waals surface area contributed by atoms with Crippen LogP contribution in [0.3, 0.4) is 0 Å². The highest BCUT2D eigenvalue weighted by Crippen LogP contribution is 2.52. The minimum Gasteiger partial charge on any atom is -0.508 e. The Morgan fingerprint density at radius 3 is 0.910 bits per heavy atom. The van der Waals surface area contributed by atoms with Crippen molar-refractivity contribution in [3.8, 4) is 108 Å². The van der Waals surface area contributed by atoms with Crippen molar-refractivity contribution in [1.29, 1.82) is 0 Å². The van der Waals surface area contributed by atoms with E-state index in [9.17, 15) is 35.8 Å². The molecule has 576 valence electrons. The van der Waals surface area contributed by atoms with E-state index in [2.05, 4.69) is 160 Å². The summed E-state index contributed by atoms with van der Waals surface area (Å²) in [7, 11) is 8.65. The molecule has 5 heterocycles. The van der Waals surface area contributed by atoms with Gasteiger partial charge in [-0.1, -0.05) is 11.6 Å². The third-order valence-electron chi connectivity index (χ3n) is 16.3. The van der Waals surface area contributed by atoms with Crippen molar-refractivity contribution in [2.24, 2.45) is 35.2 Å². The average Bonchev–Trinajstić information content (AvgIpc) is 1.73. The van der Waals surface area contributed by atoms with E-state index in [1.807, 2.05) is 7.05 Å². The van der Waals surface area contributed by atoms with E-state index in [-0.39, 0.29) is 87.6 Å². The summed E-state index contributed by atoms with van der Waals surface area (Å²) in [6.45, 7) is 34.3. The lowest BCUT2D eigenvalue weighted by atomic mass is 10.1. The lowest BCUT2D eigenvalue weighted by Crippen LogP contribution is -2.17. The van der Waals surface area contributed by atoms with Crippen LogP contribution in [-0.2, 0) is 35.2 Å². The first-order valence-corrected chi connectivity index (χ1v) is 38.2. The number of hydrogen-bond acceptors (Lipinski definition) is 14. The molecular formula is C73H57Br6ClF7N15O9. The Labute approximate surface area is 685 Å². The molecule has 0 bridgehead atoms.